The summed E-state index contributed by atoms with van der Waals surface area (Å²) in [6, 6.07) is -0.648. The Morgan fingerprint density at radius 2 is 0.714 bits per heavy atom. The maximum Gasteiger partial charge on any atom is 0.220 e. The average molecular weight is 868 g/mol. The summed E-state index contributed by atoms with van der Waals surface area (Å²) in [6.07, 6.45) is 83.0. The zero-order valence-electron chi connectivity index (χ0n) is 40.8. The first-order valence-corrected chi connectivity index (χ1v) is 25.9. The highest BCUT2D eigenvalue weighted by molar-refractivity contribution is 5.76. The van der Waals surface area contributed by atoms with Crippen LogP contribution in [0, 0.1) is 0 Å². The maximum absolute atomic E-state index is 12.4. The molecule has 0 aliphatic carbocycles. The van der Waals surface area contributed by atoms with Gasteiger partial charge in [-0.1, -0.05) is 237 Å². The smallest absolute Gasteiger partial charge is 0.220 e. The molecule has 0 aliphatic rings. The Balaban J connectivity index is 3.61. The van der Waals surface area contributed by atoms with Gasteiger partial charge in [-0.05, 0) is 103 Å². The molecule has 63 heavy (non-hydrogen) atoms. The molecular formula is C59H97NO3. The van der Waals surface area contributed by atoms with Crippen molar-refractivity contribution in [1.82, 2.24) is 5.32 Å². The standard InChI is InChI=1S/C59H97NO3/c1-3-5-7-9-11-13-15-17-18-19-20-21-22-23-24-25-26-27-28-29-30-31-32-33-34-35-36-37-38-39-40-41-42-43-45-47-49-51-53-55-59(63)60-57(56-61)58(62)54-52-50-48-46-44-16-14-12-10-8-6-4-2/h5,7,11,13,17-18,20-21,23-24,26-27,29-30,32-33,35-36,44,46,52,54,57-58,61-62H,3-4,6,8-10,12,14-16,19,22,25,28,31,34,37-43,45,47-51,53,55-56H2,1-2H3,(H,60,63)/b7-5-,13-11-,18-17-,21-20-,24-23-,27-26-,30-29-,33-32-,36-35-,46-44+,54-52+. The second-order valence-corrected chi connectivity index (χ2v) is 16.8. The van der Waals surface area contributed by atoms with Gasteiger partial charge in [-0.15, -0.1) is 0 Å². The first-order chi connectivity index (χ1) is 31.2. The molecule has 4 heteroatoms. The van der Waals surface area contributed by atoms with Crippen molar-refractivity contribution >= 4 is 5.91 Å². The second kappa shape index (κ2) is 52.9. The topological polar surface area (TPSA) is 69.6 Å². The molecule has 0 aromatic rings. The van der Waals surface area contributed by atoms with Gasteiger partial charge in [0.25, 0.3) is 0 Å². The van der Waals surface area contributed by atoms with Crippen molar-refractivity contribution in [3.8, 4) is 0 Å². The Morgan fingerprint density at radius 1 is 0.397 bits per heavy atom. The average Bonchev–Trinajstić information content (AvgIpc) is 3.29. The summed E-state index contributed by atoms with van der Waals surface area (Å²) in [5.74, 6) is -0.0844. The number of carbonyl (C=O) groups excluding carboxylic acids is 1. The summed E-state index contributed by atoms with van der Waals surface area (Å²) in [4.78, 5) is 12.4. The molecule has 0 saturated heterocycles. The molecule has 4 nitrogen and oxygen atoms in total. The number of amides is 1. The lowest BCUT2D eigenvalue weighted by Gasteiger charge is -2.19. The normalized spacial score (nSPS) is 14.0. The molecule has 1 amide bonds. The predicted octanol–water partition coefficient (Wildman–Crippen LogP) is 17.1. The van der Waals surface area contributed by atoms with E-state index in [0.29, 0.717) is 6.42 Å². The number of carbonyl (C=O) groups is 1. The summed E-state index contributed by atoms with van der Waals surface area (Å²) in [5, 5.41) is 23.0. The molecule has 3 N–H and O–H groups in total. The van der Waals surface area contributed by atoms with E-state index >= 15 is 0 Å². The van der Waals surface area contributed by atoms with E-state index in [9.17, 15) is 15.0 Å². The lowest BCUT2D eigenvalue weighted by Crippen LogP contribution is -2.45. The van der Waals surface area contributed by atoms with Crippen LogP contribution in [0.25, 0.3) is 0 Å². The van der Waals surface area contributed by atoms with Gasteiger partial charge in [0.05, 0.1) is 18.8 Å². The predicted molar refractivity (Wildman–Crippen MR) is 280 cm³/mol. The molecule has 0 saturated carbocycles. The van der Waals surface area contributed by atoms with Crippen molar-refractivity contribution in [2.75, 3.05) is 6.61 Å². The molecule has 0 radical (unpaired) electrons. The van der Waals surface area contributed by atoms with Crippen LogP contribution in [-0.2, 0) is 4.79 Å². The Labute approximate surface area is 390 Å². The number of aliphatic hydroxyl groups excluding tert-OH is 2. The minimum atomic E-state index is -0.870. The summed E-state index contributed by atoms with van der Waals surface area (Å²) in [6.45, 7) is 4.15. The molecule has 0 rings (SSSR count). The van der Waals surface area contributed by atoms with Crippen molar-refractivity contribution in [2.45, 2.75) is 225 Å². The van der Waals surface area contributed by atoms with E-state index in [2.05, 4.69) is 141 Å². The zero-order valence-corrected chi connectivity index (χ0v) is 40.8. The number of hydrogen-bond donors (Lipinski definition) is 3. The van der Waals surface area contributed by atoms with Crippen molar-refractivity contribution in [3.63, 3.8) is 0 Å². The third-order valence-corrected chi connectivity index (χ3v) is 10.9. The number of nitrogens with one attached hydrogen (secondary N) is 1. The summed E-state index contributed by atoms with van der Waals surface area (Å²) >= 11 is 0. The Kier molecular flexibility index (Phi) is 50.0. The highest BCUT2D eigenvalue weighted by Crippen LogP contribution is 2.13. The van der Waals surface area contributed by atoms with Crippen LogP contribution in [0.15, 0.2) is 134 Å². The van der Waals surface area contributed by atoms with E-state index in [1.165, 1.54) is 103 Å². The number of unbranched alkanes of at least 4 members (excludes halogenated alkanes) is 18. The van der Waals surface area contributed by atoms with Crippen LogP contribution in [0.5, 0.6) is 0 Å². The molecule has 2 unspecified atom stereocenters. The quantitative estimate of drug-likeness (QED) is 0.0422. The van der Waals surface area contributed by atoms with Crippen molar-refractivity contribution < 1.29 is 15.0 Å². The first-order valence-electron chi connectivity index (χ1n) is 25.9. The van der Waals surface area contributed by atoms with Gasteiger partial charge < -0.3 is 15.5 Å². The zero-order chi connectivity index (χ0) is 45.6. The number of hydrogen-bond acceptors (Lipinski definition) is 3. The van der Waals surface area contributed by atoms with Gasteiger partial charge in [-0.2, -0.15) is 0 Å². The Hall–Kier alpha value is -3.47. The van der Waals surface area contributed by atoms with Gasteiger partial charge >= 0.3 is 0 Å². The van der Waals surface area contributed by atoms with Crippen molar-refractivity contribution in [3.05, 3.63) is 134 Å². The fourth-order valence-corrected chi connectivity index (χ4v) is 6.95. The van der Waals surface area contributed by atoms with Crippen molar-refractivity contribution in [2.24, 2.45) is 0 Å². The molecule has 0 heterocycles. The van der Waals surface area contributed by atoms with E-state index in [1.807, 2.05) is 6.08 Å². The van der Waals surface area contributed by atoms with E-state index in [1.54, 1.807) is 6.08 Å². The minimum Gasteiger partial charge on any atom is -0.394 e. The van der Waals surface area contributed by atoms with E-state index in [-0.39, 0.29) is 12.5 Å². The first kappa shape index (κ1) is 59.5. The fraction of sp³-hybridized carbons (Fsp3) is 0.610. The molecule has 0 fully saturated rings. The fourth-order valence-electron chi connectivity index (χ4n) is 6.95. The molecule has 2 atom stereocenters. The van der Waals surface area contributed by atoms with Gasteiger partial charge in [-0.25, -0.2) is 0 Å². The third-order valence-electron chi connectivity index (χ3n) is 10.9. The maximum atomic E-state index is 12.4. The van der Waals surface area contributed by atoms with Gasteiger partial charge in [0, 0.05) is 6.42 Å². The molecular weight excluding hydrogens is 771 g/mol. The summed E-state index contributed by atoms with van der Waals surface area (Å²) in [7, 11) is 0. The summed E-state index contributed by atoms with van der Waals surface area (Å²) in [5.41, 5.74) is 0. The number of rotatable bonds is 45. The van der Waals surface area contributed by atoms with Gasteiger partial charge in [0.15, 0.2) is 0 Å². The molecule has 0 aliphatic heterocycles. The van der Waals surface area contributed by atoms with Crippen LogP contribution < -0.4 is 5.32 Å². The van der Waals surface area contributed by atoms with Crippen LogP contribution in [-0.4, -0.2) is 34.9 Å². The van der Waals surface area contributed by atoms with E-state index in [0.717, 1.165) is 89.9 Å². The number of allylic oxidation sites excluding steroid dienone is 21. The Bertz CT molecular complexity index is 1310. The van der Waals surface area contributed by atoms with Crippen LogP contribution in [0.3, 0.4) is 0 Å². The molecule has 356 valence electrons. The van der Waals surface area contributed by atoms with Crippen LogP contribution >= 0.6 is 0 Å². The van der Waals surface area contributed by atoms with Gasteiger partial charge in [0.1, 0.15) is 0 Å². The number of aliphatic hydroxyl groups is 2. The third kappa shape index (κ3) is 49.4. The Morgan fingerprint density at radius 3 is 1.11 bits per heavy atom. The van der Waals surface area contributed by atoms with Crippen molar-refractivity contribution in [1.29, 1.82) is 0 Å². The van der Waals surface area contributed by atoms with E-state index in [4.69, 9.17) is 0 Å². The minimum absolute atomic E-state index is 0.0844. The van der Waals surface area contributed by atoms with Gasteiger partial charge in [0.2, 0.25) is 5.91 Å². The van der Waals surface area contributed by atoms with Crippen LogP contribution in [0.2, 0.25) is 0 Å². The highest BCUT2D eigenvalue weighted by atomic mass is 16.3. The monoisotopic (exact) mass is 868 g/mol. The molecule has 0 bridgehead atoms. The van der Waals surface area contributed by atoms with Crippen LogP contribution in [0.1, 0.15) is 213 Å². The largest absolute Gasteiger partial charge is 0.394 e. The SMILES string of the molecule is CC/C=C\C/C=C\C/C=C\C/C=C\C/C=C\C/C=C\C/C=C\C/C=C\C/C=C\CCCCCCCCCCCCCC(=O)NC(CO)C(O)/C=C/CC/C=C/CCCCCCCC. The molecule has 0 aromatic heterocycles. The highest BCUT2D eigenvalue weighted by Gasteiger charge is 2.17. The van der Waals surface area contributed by atoms with E-state index < -0.39 is 12.1 Å². The second-order valence-electron chi connectivity index (χ2n) is 16.8. The summed E-state index contributed by atoms with van der Waals surface area (Å²) < 4.78 is 0. The van der Waals surface area contributed by atoms with Crippen LogP contribution in [0.4, 0.5) is 0 Å². The molecule has 0 aromatic carbocycles. The lowest BCUT2D eigenvalue weighted by molar-refractivity contribution is -0.123. The lowest BCUT2D eigenvalue weighted by atomic mass is 10.0. The van der Waals surface area contributed by atoms with Gasteiger partial charge in [-0.3, -0.25) is 4.79 Å². The molecule has 0 spiro atoms.